The monoisotopic (exact) mass is 1150 g/mol. The van der Waals surface area contributed by atoms with E-state index in [-0.39, 0.29) is 60.7 Å². The fourth-order valence-electron chi connectivity index (χ4n) is 12.2. The van der Waals surface area contributed by atoms with Crippen molar-refractivity contribution in [1.82, 2.24) is 44.7 Å². The number of fused-ring (bicyclic) bond motifs is 4. The third-order valence-electron chi connectivity index (χ3n) is 15.2. The number of nitrogens with two attached hydrogens (primary N) is 2. The maximum absolute atomic E-state index is 13.2. The third kappa shape index (κ3) is 9.09. The molecule has 372 valence electrons. The first-order chi connectivity index (χ1) is 34.0. The second-order valence-electron chi connectivity index (χ2n) is 18.7. The molecule has 19 nitrogen and oxygen atoms in total. The smallest absolute Gasteiger partial charge is 0.276 e. The van der Waals surface area contributed by atoms with Crippen LogP contribution in [0.3, 0.4) is 0 Å². The fourth-order valence-corrected chi connectivity index (χ4v) is 14.0. The number of ketones is 1. The van der Waals surface area contributed by atoms with Crippen molar-refractivity contribution in [3.05, 3.63) is 128 Å². The van der Waals surface area contributed by atoms with Crippen molar-refractivity contribution < 1.29 is 19.2 Å². The van der Waals surface area contributed by atoms with E-state index in [4.69, 9.17) is 46.3 Å². The van der Waals surface area contributed by atoms with Gasteiger partial charge in [-0.05, 0) is 139 Å². The molecule has 5 aromatic heterocycles. The first kappa shape index (κ1) is 50.5. The zero-order valence-corrected chi connectivity index (χ0v) is 43.2. The van der Waals surface area contributed by atoms with Crippen molar-refractivity contribution in [2.24, 2.45) is 41.2 Å². The number of pyridine rings is 3. The first-order valence-electron chi connectivity index (χ1n) is 23.1. The highest BCUT2D eigenvalue weighted by atomic mass is 79.9. The number of hydrogen-bond acceptors (Lipinski definition) is 13. The van der Waals surface area contributed by atoms with E-state index in [2.05, 4.69) is 72.7 Å². The van der Waals surface area contributed by atoms with Gasteiger partial charge in [0.25, 0.3) is 34.4 Å². The summed E-state index contributed by atoms with van der Waals surface area (Å²) in [6.07, 6.45) is 19.2. The van der Waals surface area contributed by atoms with E-state index in [9.17, 15) is 33.6 Å². The number of Topliss-reactive ketones (excluding diaryl/α,β-unsaturated/α-hetero) is 1. The molecule has 2 spiro atoms. The summed E-state index contributed by atoms with van der Waals surface area (Å²) < 4.78 is 3.94. The number of amides is 3. The van der Waals surface area contributed by atoms with Crippen LogP contribution in [0.15, 0.2) is 78.7 Å². The molecular weight excluding hydrogens is 1110 g/mol. The summed E-state index contributed by atoms with van der Waals surface area (Å²) in [5.41, 5.74) is 9.01. The number of hydrogen-bond donors (Lipinski definition) is 6. The number of rotatable bonds is 3. The summed E-state index contributed by atoms with van der Waals surface area (Å²) >= 11 is 24.4. The summed E-state index contributed by atoms with van der Waals surface area (Å²) in [5.74, 6) is 2.63. The zero-order valence-electron chi connectivity index (χ0n) is 37.7. The van der Waals surface area contributed by atoms with Crippen LogP contribution in [0.25, 0.3) is 0 Å². The van der Waals surface area contributed by atoms with Gasteiger partial charge < -0.3 is 32.4 Å². The van der Waals surface area contributed by atoms with Gasteiger partial charge in [0.1, 0.15) is 64.2 Å². The van der Waals surface area contributed by atoms with Gasteiger partial charge in [0.05, 0.1) is 24.0 Å². The second kappa shape index (κ2) is 20.2. The Hall–Kier alpha value is -5.48. The Bertz CT molecular complexity index is 3080. The van der Waals surface area contributed by atoms with Crippen LogP contribution in [-0.2, 0) is 16.1 Å². The van der Waals surface area contributed by atoms with Gasteiger partial charge in [-0.3, -0.25) is 42.7 Å². The van der Waals surface area contributed by atoms with Gasteiger partial charge in [-0.25, -0.2) is 19.9 Å². The first-order valence-corrected chi connectivity index (χ1v) is 25.9. The summed E-state index contributed by atoms with van der Waals surface area (Å²) in [5, 5.41) is 9.94. The van der Waals surface area contributed by atoms with Crippen molar-refractivity contribution >= 4 is 107 Å². The molecule has 5 aromatic rings. The number of primary amides is 1. The Balaban J connectivity index is 0.000000119. The molecule has 0 saturated heterocycles. The number of anilines is 3. The van der Waals surface area contributed by atoms with Crippen LogP contribution in [0, 0.1) is 35.5 Å². The lowest BCUT2D eigenvalue weighted by Crippen LogP contribution is -2.51. The number of aromatic amines is 1. The second-order valence-corrected chi connectivity index (χ2v) is 21.6. The predicted molar refractivity (Wildman–Crippen MR) is 271 cm³/mol. The van der Waals surface area contributed by atoms with Crippen LogP contribution in [0.1, 0.15) is 109 Å². The molecule has 8 aliphatic rings. The zero-order chi connectivity index (χ0) is 50.5. The van der Waals surface area contributed by atoms with Crippen molar-refractivity contribution in [1.29, 1.82) is 0 Å². The average Bonchev–Trinajstić information content (AvgIpc) is 4.27. The van der Waals surface area contributed by atoms with Gasteiger partial charge >= 0.3 is 0 Å². The van der Waals surface area contributed by atoms with Gasteiger partial charge in [0.15, 0.2) is 0 Å². The molecule has 24 heteroatoms. The molecule has 0 atom stereocenters. The molecule has 71 heavy (non-hydrogen) atoms. The number of nitrogens with zero attached hydrogens (tertiary/aromatic N) is 6. The van der Waals surface area contributed by atoms with Crippen molar-refractivity contribution in [2.45, 2.75) is 88.4 Å². The number of aromatic nitrogens is 7. The van der Waals surface area contributed by atoms with E-state index in [1.54, 1.807) is 33.7 Å². The maximum Gasteiger partial charge on any atom is 0.276 e. The highest BCUT2D eigenvalue weighted by molar-refractivity contribution is 9.10. The summed E-state index contributed by atoms with van der Waals surface area (Å²) in [6.45, 7) is 0. The SMILES string of the molecule is NC(=O)c1[nH]c(=O)c(Br)cc1Cl.Nc1ccncn1.O=C1C2CCC1CC2.O=C1NC2(C3CCC2CC3)n2c1c(Cl)cc(Br)c2=O.O=C1NC2(C3CCC2CC3)n2c1c(Cl)cc(Nc1ccncn1)c2=O. The highest BCUT2D eigenvalue weighted by Crippen LogP contribution is 2.58. The Labute approximate surface area is 436 Å². The fraction of sp³-hybridized carbons (Fsp3) is 0.426. The van der Waals surface area contributed by atoms with Crippen LogP contribution in [0.4, 0.5) is 17.3 Å². The lowest BCUT2D eigenvalue weighted by Gasteiger charge is -2.32. The van der Waals surface area contributed by atoms with Gasteiger partial charge in [-0.2, -0.15) is 0 Å². The van der Waals surface area contributed by atoms with Gasteiger partial charge in [-0.15, -0.1) is 0 Å². The van der Waals surface area contributed by atoms with Crippen molar-refractivity contribution in [3.8, 4) is 0 Å². The van der Waals surface area contributed by atoms with E-state index < -0.39 is 22.8 Å². The van der Waals surface area contributed by atoms with Crippen LogP contribution in [-0.4, -0.2) is 57.6 Å². The van der Waals surface area contributed by atoms with E-state index >= 15 is 0 Å². The van der Waals surface area contributed by atoms with E-state index in [1.807, 2.05) is 0 Å². The number of carbonyl (C=O) groups is 4. The molecule has 6 bridgehead atoms. The molecule has 6 saturated carbocycles. The number of carbonyl (C=O) groups excluding carboxylic acids is 4. The molecule has 2 aliphatic heterocycles. The van der Waals surface area contributed by atoms with Gasteiger partial charge in [0, 0.05) is 47.9 Å². The van der Waals surface area contributed by atoms with Crippen LogP contribution in [0.5, 0.6) is 0 Å². The maximum atomic E-state index is 13.2. The van der Waals surface area contributed by atoms with E-state index in [1.165, 1.54) is 56.5 Å². The standard InChI is InChI=1S/C17H16ClN5O2.C13H12BrClN2O2.C7H10O.C6H4BrClN2O2.C4H5N3/c18-11-7-12(21-13-5-6-19-8-20-13)16(25)23-14(11)15(24)22-17(23)9-1-2-10(17)4-3-9;14-8-5-9(15)10-11(18)16-13(17(10)12(8)19)6-1-2-7(13)4-3-6;8-7-5-1-2-6(7)4-3-5;7-2-1-3(8)4(5(9)11)10-6(2)12;5-4-1-2-6-3-7-4/h5-10H,1-4H2,(H,22,24)(H,19,20,21);5-7H,1-4H2,(H,16,18);5-6H,1-4H2;1H,(H2,9,11)(H,10,12);1-3H,(H2,5,6,7). The summed E-state index contributed by atoms with van der Waals surface area (Å²) in [4.78, 5) is 101. The molecule has 0 unspecified atom stereocenters. The van der Waals surface area contributed by atoms with Crippen LogP contribution in [0.2, 0.25) is 15.1 Å². The Morgan fingerprint density at radius 3 is 1.52 bits per heavy atom. The molecule has 8 N–H and O–H groups in total. The largest absolute Gasteiger partial charge is 0.384 e. The average molecular weight is 1160 g/mol. The normalized spacial score (nSPS) is 27.0. The summed E-state index contributed by atoms with van der Waals surface area (Å²) in [7, 11) is 0. The number of H-pyrrole nitrogens is 1. The highest BCUT2D eigenvalue weighted by Gasteiger charge is 2.62. The lowest BCUT2D eigenvalue weighted by atomic mass is 9.98. The van der Waals surface area contributed by atoms with Crippen molar-refractivity contribution in [3.63, 3.8) is 0 Å². The van der Waals surface area contributed by atoms with Crippen molar-refractivity contribution in [2.75, 3.05) is 11.1 Å². The molecule has 3 amide bonds. The number of halogens is 5. The van der Waals surface area contributed by atoms with Gasteiger partial charge in [0.2, 0.25) is 0 Å². The molecule has 13 rings (SSSR count). The van der Waals surface area contributed by atoms with Crippen LogP contribution >= 0.6 is 66.7 Å². The molecule has 0 radical (unpaired) electrons. The molecule has 7 heterocycles. The topological polar surface area (TPSA) is 285 Å². The Morgan fingerprint density at radius 2 is 1.11 bits per heavy atom. The quantitative estimate of drug-likeness (QED) is 0.106. The molecular formula is C47H47Br2Cl3N12O7. The summed E-state index contributed by atoms with van der Waals surface area (Å²) in [6, 6.07) is 7.66. The molecule has 0 aromatic carbocycles. The Kier molecular flexibility index (Phi) is 14.4. The Morgan fingerprint density at radius 1 is 0.648 bits per heavy atom. The number of nitrogen functional groups attached to an aromatic ring is 1. The minimum absolute atomic E-state index is 0.0788. The number of nitrogens with one attached hydrogen (secondary N) is 4. The lowest BCUT2D eigenvalue weighted by molar-refractivity contribution is -0.121. The minimum atomic E-state index is -0.760. The van der Waals surface area contributed by atoms with Crippen LogP contribution < -0.4 is 44.1 Å². The minimum Gasteiger partial charge on any atom is -0.384 e. The van der Waals surface area contributed by atoms with E-state index in [0.717, 1.165) is 51.4 Å². The van der Waals surface area contributed by atoms with Gasteiger partial charge in [-0.1, -0.05) is 34.8 Å². The molecule has 6 fully saturated rings. The predicted octanol–water partition coefficient (Wildman–Crippen LogP) is 7.06. The van der Waals surface area contributed by atoms with E-state index in [0.29, 0.717) is 62.0 Å². The third-order valence-corrected chi connectivity index (χ3v) is 17.2. The molecule has 6 aliphatic carbocycles.